The summed E-state index contributed by atoms with van der Waals surface area (Å²) in [6, 6.07) is 6.21. The van der Waals surface area contributed by atoms with E-state index in [-0.39, 0.29) is 5.56 Å². The molecule has 0 saturated heterocycles. The standard InChI is InChI=1S/C15H19F2OP/c1-5-18-14(11(4)10(2)3)12-7-6-8-13(9-12)15(16,17)19/h6-9H,2,5,19H2,1,3-4H3/b14-11+. The van der Waals surface area contributed by atoms with Crippen LogP contribution in [0.4, 0.5) is 8.78 Å². The Labute approximate surface area is 115 Å². The molecule has 0 aromatic heterocycles. The summed E-state index contributed by atoms with van der Waals surface area (Å²) < 4.78 is 32.2. The molecule has 0 spiro atoms. The first kappa shape index (κ1) is 15.8. The molecule has 1 nitrogen and oxygen atoms in total. The van der Waals surface area contributed by atoms with Crippen LogP contribution in [0.3, 0.4) is 0 Å². The maximum absolute atomic E-state index is 13.3. The van der Waals surface area contributed by atoms with Crippen LogP contribution < -0.4 is 0 Å². The Bertz CT molecular complexity index is 501. The Kier molecular flexibility index (Phi) is 5.25. The Balaban J connectivity index is 3.33. The highest BCUT2D eigenvalue weighted by Crippen LogP contribution is 2.36. The molecule has 1 unspecified atom stereocenters. The van der Waals surface area contributed by atoms with Gasteiger partial charge in [-0.1, -0.05) is 39.6 Å². The van der Waals surface area contributed by atoms with E-state index >= 15 is 0 Å². The first-order chi connectivity index (χ1) is 8.77. The minimum absolute atomic E-state index is 0.0540. The molecule has 1 aromatic rings. The highest BCUT2D eigenvalue weighted by atomic mass is 31.0. The first-order valence-electron chi connectivity index (χ1n) is 6.04. The zero-order chi connectivity index (χ0) is 14.6. The Hall–Kier alpha value is -1.21. The van der Waals surface area contributed by atoms with Crippen molar-refractivity contribution in [3.63, 3.8) is 0 Å². The van der Waals surface area contributed by atoms with Gasteiger partial charge in [-0.15, -0.1) is 0 Å². The number of benzene rings is 1. The van der Waals surface area contributed by atoms with Crippen molar-refractivity contribution in [2.24, 2.45) is 0 Å². The molecule has 0 fully saturated rings. The largest absolute Gasteiger partial charge is 0.493 e. The molecule has 19 heavy (non-hydrogen) atoms. The lowest BCUT2D eigenvalue weighted by molar-refractivity contribution is 0.104. The smallest absolute Gasteiger partial charge is 0.283 e. The van der Waals surface area contributed by atoms with E-state index in [0.717, 1.165) is 11.1 Å². The van der Waals surface area contributed by atoms with Crippen molar-refractivity contribution < 1.29 is 13.5 Å². The molecule has 0 aliphatic rings. The van der Waals surface area contributed by atoms with Crippen LogP contribution in [-0.2, 0) is 10.4 Å². The molecular formula is C15H19F2OP. The van der Waals surface area contributed by atoms with Crippen LogP contribution >= 0.6 is 9.24 Å². The van der Waals surface area contributed by atoms with Gasteiger partial charge in [0, 0.05) is 11.1 Å². The summed E-state index contributed by atoms with van der Waals surface area (Å²) in [4.78, 5) is 0. The van der Waals surface area contributed by atoms with Gasteiger partial charge in [0.2, 0.25) is 0 Å². The van der Waals surface area contributed by atoms with Gasteiger partial charge in [-0.2, -0.15) is 8.78 Å². The van der Waals surface area contributed by atoms with Gasteiger partial charge in [0.1, 0.15) is 5.76 Å². The first-order valence-corrected chi connectivity index (χ1v) is 6.62. The quantitative estimate of drug-likeness (QED) is 0.422. The summed E-state index contributed by atoms with van der Waals surface area (Å²) in [6.45, 7) is 9.94. The van der Waals surface area contributed by atoms with Crippen LogP contribution in [0.1, 0.15) is 31.9 Å². The Morgan fingerprint density at radius 2 is 2.00 bits per heavy atom. The molecule has 1 atom stereocenters. The third-order valence-electron chi connectivity index (χ3n) is 2.78. The molecule has 104 valence electrons. The van der Waals surface area contributed by atoms with E-state index in [0.29, 0.717) is 17.9 Å². The van der Waals surface area contributed by atoms with Gasteiger partial charge >= 0.3 is 0 Å². The van der Waals surface area contributed by atoms with Crippen LogP contribution in [0.25, 0.3) is 5.76 Å². The van der Waals surface area contributed by atoms with Gasteiger partial charge in [-0.25, -0.2) is 0 Å². The maximum Gasteiger partial charge on any atom is 0.283 e. The molecule has 0 saturated carbocycles. The van der Waals surface area contributed by atoms with Crippen LogP contribution in [0, 0.1) is 0 Å². The van der Waals surface area contributed by atoms with Crippen LogP contribution in [0.15, 0.2) is 42.0 Å². The molecular weight excluding hydrogens is 265 g/mol. The summed E-state index contributed by atoms with van der Waals surface area (Å²) in [7, 11) is 1.55. The second-order valence-corrected chi connectivity index (χ2v) is 5.10. The van der Waals surface area contributed by atoms with Crippen LogP contribution in [-0.4, -0.2) is 6.61 Å². The SMILES string of the molecule is C=C(C)/C(C)=C(/OCC)c1cccc(C(F)(F)P)c1. The Morgan fingerprint density at radius 3 is 2.47 bits per heavy atom. The lowest BCUT2D eigenvalue weighted by Gasteiger charge is -2.16. The van der Waals surface area contributed by atoms with E-state index < -0.39 is 5.66 Å². The van der Waals surface area contributed by atoms with E-state index in [9.17, 15) is 8.78 Å². The molecule has 0 bridgehead atoms. The molecule has 0 aliphatic carbocycles. The highest BCUT2D eigenvalue weighted by Gasteiger charge is 2.25. The van der Waals surface area contributed by atoms with Gasteiger partial charge in [-0.3, -0.25) is 0 Å². The normalized spacial score (nSPS) is 12.9. The third-order valence-corrected chi connectivity index (χ3v) is 3.11. The minimum Gasteiger partial charge on any atom is -0.493 e. The molecule has 0 radical (unpaired) electrons. The second kappa shape index (κ2) is 6.29. The minimum atomic E-state index is -2.94. The van der Waals surface area contributed by atoms with Crippen molar-refractivity contribution in [3.8, 4) is 0 Å². The highest BCUT2D eigenvalue weighted by molar-refractivity contribution is 7.17. The molecule has 1 rings (SSSR count). The van der Waals surface area contributed by atoms with E-state index in [2.05, 4.69) is 6.58 Å². The van der Waals surface area contributed by atoms with Crippen molar-refractivity contribution in [2.75, 3.05) is 6.61 Å². The van der Waals surface area contributed by atoms with Gasteiger partial charge in [0.25, 0.3) is 5.66 Å². The maximum atomic E-state index is 13.3. The molecule has 1 aromatic carbocycles. The fourth-order valence-corrected chi connectivity index (χ4v) is 1.79. The predicted molar refractivity (Wildman–Crippen MR) is 79.1 cm³/mol. The number of hydrogen-bond acceptors (Lipinski definition) is 1. The molecule has 4 heteroatoms. The lowest BCUT2D eigenvalue weighted by atomic mass is 10.0. The zero-order valence-electron chi connectivity index (χ0n) is 11.5. The fraction of sp³-hybridized carbons (Fsp3) is 0.333. The van der Waals surface area contributed by atoms with Gasteiger partial charge in [0.15, 0.2) is 0 Å². The van der Waals surface area contributed by atoms with Gasteiger partial charge in [-0.05, 0) is 32.4 Å². The zero-order valence-corrected chi connectivity index (χ0v) is 12.6. The lowest BCUT2D eigenvalue weighted by Crippen LogP contribution is -2.04. The number of allylic oxidation sites excluding steroid dienone is 2. The van der Waals surface area contributed by atoms with Crippen molar-refractivity contribution in [1.29, 1.82) is 0 Å². The third kappa shape index (κ3) is 4.14. The second-order valence-electron chi connectivity index (χ2n) is 4.37. The van der Waals surface area contributed by atoms with Gasteiger partial charge < -0.3 is 4.74 Å². The summed E-state index contributed by atoms with van der Waals surface area (Å²) in [5, 5.41) is 0. The summed E-state index contributed by atoms with van der Waals surface area (Å²) >= 11 is 0. The summed E-state index contributed by atoms with van der Waals surface area (Å²) in [6.07, 6.45) is 0. The van der Waals surface area contributed by atoms with Crippen molar-refractivity contribution in [3.05, 3.63) is 53.1 Å². The number of hydrogen-bond donors (Lipinski definition) is 0. The number of alkyl halides is 2. The number of rotatable bonds is 5. The van der Waals surface area contributed by atoms with Gasteiger partial charge in [0.05, 0.1) is 6.61 Å². The Morgan fingerprint density at radius 1 is 1.37 bits per heavy atom. The number of ether oxygens (including phenoxy) is 1. The van der Waals surface area contributed by atoms with Crippen molar-refractivity contribution in [2.45, 2.75) is 26.4 Å². The molecule has 0 heterocycles. The van der Waals surface area contributed by atoms with E-state index in [1.54, 1.807) is 21.4 Å². The fourth-order valence-electron chi connectivity index (χ4n) is 1.61. The molecule has 0 amide bonds. The van der Waals surface area contributed by atoms with E-state index in [1.165, 1.54) is 12.1 Å². The predicted octanol–water partition coefficient (Wildman–Crippen LogP) is 4.95. The van der Waals surface area contributed by atoms with Crippen LogP contribution in [0.2, 0.25) is 0 Å². The van der Waals surface area contributed by atoms with E-state index in [4.69, 9.17) is 4.74 Å². The number of halogens is 2. The summed E-state index contributed by atoms with van der Waals surface area (Å²) in [5.74, 6) is 0.603. The average Bonchev–Trinajstić information content (AvgIpc) is 2.34. The van der Waals surface area contributed by atoms with Crippen molar-refractivity contribution in [1.82, 2.24) is 0 Å². The average molecular weight is 284 g/mol. The van der Waals surface area contributed by atoms with Crippen molar-refractivity contribution >= 4 is 15.0 Å². The topological polar surface area (TPSA) is 9.23 Å². The van der Waals surface area contributed by atoms with Crippen LogP contribution in [0.5, 0.6) is 0 Å². The monoisotopic (exact) mass is 284 g/mol. The molecule has 0 aliphatic heterocycles. The molecule has 0 N–H and O–H groups in total. The summed E-state index contributed by atoms with van der Waals surface area (Å²) in [5.41, 5.74) is -0.633. The van der Waals surface area contributed by atoms with E-state index in [1.807, 2.05) is 20.8 Å².